The zero-order valence-corrected chi connectivity index (χ0v) is 9.12. The molecule has 3 heteroatoms. The molecule has 0 spiro atoms. The Morgan fingerprint density at radius 3 is 1.83 bits per heavy atom. The molecule has 70 valence electrons. The predicted molar refractivity (Wildman–Crippen MR) is 59.7 cm³/mol. The zero-order chi connectivity index (χ0) is 8.53. The van der Waals surface area contributed by atoms with Gasteiger partial charge in [0, 0.05) is 4.90 Å². The number of halogens is 1. The lowest BCUT2D eigenvalue weighted by molar-refractivity contribution is 1.09. The van der Waals surface area contributed by atoms with Crippen molar-refractivity contribution in [3.05, 3.63) is 30.3 Å². The summed E-state index contributed by atoms with van der Waals surface area (Å²) in [5.41, 5.74) is 0. The van der Waals surface area contributed by atoms with Crippen LogP contribution in [-0.4, -0.2) is 0 Å². The van der Waals surface area contributed by atoms with Crippen LogP contribution in [0.5, 0.6) is 0 Å². The molecule has 0 amide bonds. The summed E-state index contributed by atoms with van der Waals surface area (Å²) in [7, 11) is 0. The van der Waals surface area contributed by atoms with E-state index in [-0.39, 0.29) is 12.4 Å². The van der Waals surface area contributed by atoms with E-state index in [4.69, 9.17) is 5.14 Å². The molecule has 1 aromatic carbocycles. The van der Waals surface area contributed by atoms with Crippen LogP contribution < -0.4 is 5.14 Å². The highest BCUT2D eigenvalue weighted by molar-refractivity contribution is 7.97. The van der Waals surface area contributed by atoms with Gasteiger partial charge in [0.15, 0.2) is 0 Å². The molecule has 0 atom stereocenters. The highest BCUT2D eigenvalue weighted by atomic mass is 35.5. The van der Waals surface area contributed by atoms with Crippen molar-refractivity contribution in [2.45, 2.75) is 25.2 Å². The van der Waals surface area contributed by atoms with Crippen molar-refractivity contribution >= 4 is 24.4 Å². The maximum Gasteiger partial charge on any atom is 0.0225 e. The Morgan fingerprint density at radius 2 is 1.58 bits per heavy atom. The van der Waals surface area contributed by atoms with E-state index in [2.05, 4.69) is 13.8 Å². The first-order chi connectivity index (χ1) is 5.35. The van der Waals surface area contributed by atoms with Crippen molar-refractivity contribution in [2.24, 2.45) is 5.14 Å². The van der Waals surface area contributed by atoms with Gasteiger partial charge in [0.05, 0.1) is 0 Å². The van der Waals surface area contributed by atoms with E-state index in [0.29, 0.717) is 0 Å². The average molecular weight is 206 g/mol. The highest BCUT2D eigenvalue weighted by Crippen LogP contribution is 2.08. The maximum absolute atomic E-state index is 5.27. The summed E-state index contributed by atoms with van der Waals surface area (Å²) < 4.78 is 0. The van der Waals surface area contributed by atoms with Gasteiger partial charge in [-0.1, -0.05) is 38.5 Å². The van der Waals surface area contributed by atoms with Crippen molar-refractivity contribution in [1.29, 1.82) is 0 Å². The first-order valence-corrected chi connectivity index (χ1v) is 4.64. The Balaban J connectivity index is 0. The number of hydrogen-bond donors (Lipinski definition) is 1. The van der Waals surface area contributed by atoms with E-state index in [1.807, 2.05) is 30.3 Å². The third kappa shape index (κ3) is 7.92. The molecule has 2 N–H and O–H groups in total. The molecule has 1 rings (SSSR count). The minimum atomic E-state index is 0. The normalized spacial score (nSPS) is 7.58. The Hall–Kier alpha value is -0.180. The average Bonchev–Trinajstić information content (AvgIpc) is 2.08. The highest BCUT2D eigenvalue weighted by Gasteiger charge is 1.81. The van der Waals surface area contributed by atoms with Gasteiger partial charge in [-0.2, -0.15) is 0 Å². The lowest BCUT2D eigenvalue weighted by Crippen LogP contribution is -1.75. The second-order valence-corrected chi connectivity index (χ2v) is 2.85. The van der Waals surface area contributed by atoms with Gasteiger partial charge >= 0.3 is 0 Å². The zero-order valence-electron chi connectivity index (χ0n) is 7.49. The van der Waals surface area contributed by atoms with E-state index in [1.165, 1.54) is 18.4 Å². The van der Waals surface area contributed by atoms with Gasteiger partial charge in [0.2, 0.25) is 0 Å². The van der Waals surface area contributed by atoms with Gasteiger partial charge in [0.25, 0.3) is 0 Å². The van der Waals surface area contributed by atoms with Crippen molar-refractivity contribution in [1.82, 2.24) is 0 Å². The fraction of sp³-hybridized carbons (Fsp3) is 0.333. The molecule has 0 aromatic heterocycles. The second kappa shape index (κ2) is 10.8. The molecule has 0 aliphatic heterocycles. The van der Waals surface area contributed by atoms with Crippen LogP contribution in [-0.2, 0) is 0 Å². The largest absolute Gasteiger partial charge is 0.274 e. The van der Waals surface area contributed by atoms with E-state index in [0.717, 1.165) is 4.90 Å². The summed E-state index contributed by atoms with van der Waals surface area (Å²) in [5, 5.41) is 5.27. The Labute approximate surface area is 85.3 Å². The molecule has 0 bridgehead atoms. The maximum atomic E-state index is 5.27. The van der Waals surface area contributed by atoms with E-state index < -0.39 is 0 Å². The lowest BCUT2D eigenvalue weighted by Gasteiger charge is -1.88. The SMILES string of the molecule is CCC.Cl.NSc1ccccc1. The van der Waals surface area contributed by atoms with Crippen LogP contribution in [0.15, 0.2) is 35.2 Å². The molecule has 12 heavy (non-hydrogen) atoms. The molecule has 1 aromatic rings. The van der Waals surface area contributed by atoms with Gasteiger partial charge in [-0.05, 0) is 24.1 Å². The number of benzene rings is 1. The summed E-state index contributed by atoms with van der Waals surface area (Å²) in [4.78, 5) is 1.10. The fourth-order valence-corrected chi connectivity index (χ4v) is 0.813. The monoisotopic (exact) mass is 205 g/mol. The molecule has 0 unspecified atom stereocenters. The molecular weight excluding hydrogens is 190 g/mol. The summed E-state index contributed by atoms with van der Waals surface area (Å²) >= 11 is 1.27. The van der Waals surface area contributed by atoms with Crippen molar-refractivity contribution < 1.29 is 0 Å². The van der Waals surface area contributed by atoms with Crippen molar-refractivity contribution in [3.63, 3.8) is 0 Å². The standard InChI is InChI=1S/C6H7NS.C3H8.ClH/c7-8-6-4-2-1-3-5-6;1-3-2;/h1-5H,7H2;3H2,1-2H3;1H. The Kier molecular flexibility index (Phi) is 12.9. The van der Waals surface area contributed by atoms with Crippen molar-refractivity contribution in [3.8, 4) is 0 Å². The first kappa shape index (κ1) is 14.3. The molecule has 0 aliphatic rings. The minimum absolute atomic E-state index is 0. The molecule has 0 fully saturated rings. The van der Waals surface area contributed by atoms with Crippen LogP contribution >= 0.6 is 24.4 Å². The van der Waals surface area contributed by atoms with Gasteiger partial charge in [0.1, 0.15) is 0 Å². The van der Waals surface area contributed by atoms with Crippen LogP contribution in [0.25, 0.3) is 0 Å². The Morgan fingerprint density at radius 1 is 1.17 bits per heavy atom. The predicted octanol–water partition coefficient (Wildman–Crippen LogP) is 3.49. The van der Waals surface area contributed by atoms with Gasteiger partial charge in [-0.25, -0.2) is 0 Å². The summed E-state index contributed by atoms with van der Waals surface area (Å²) in [5.74, 6) is 0. The molecule has 0 aliphatic carbocycles. The van der Waals surface area contributed by atoms with E-state index in [1.54, 1.807) is 0 Å². The molecule has 0 radical (unpaired) electrons. The first-order valence-electron chi connectivity index (χ1n) is 3.76. The van der Waals surface area contributed by atoms with Crippen LogP contribution in [0, 0.1) is 0 Å². The number of nitrogens with two attached hydrogens (primary N) is 1. The van der Waals surface area contributed by atoms with Gasteiger partial charge < -0.3 is 0 Å². The molecule has 0 saturated carbocycles. The second-order valence-electron chi connectivity index (χ2n) is 2.14. The fourth-order valence-electron chi connectivity index (χ4n) is 0.499. The number of hydrogen-bond acceptors (Lipinski definition) is 2. The Bertz CT molecular complexity index is 167. The van der Waals surface area contributed by atoms with E-state index in [9.17, 15) is 0 Å². The molecule has 0 heterocycles. The summed E-state index contributed by atoms with van der Waals surface area (Å²) in [6.07, 6.45) is 1.25. The summed E-state index contributed by atoms with van der Waals surface area (Å²) in [6.45, 7) is 4.25. The van der Waals surface area contributed by atoms with Crippen LogP contribution in [0.1, 0.15) is 20.3 Å². The molecular formula is C9H16ClNS. The summed E-state index contributed by atoms with van der Waals surface area (Å²) in [6, 6.07) is 9.86. The third-order valence-electron chi connectivity index (χ3n) is 0.879. The molecule has 0 saturated heterocycles. The topological polar surface area (TPSA) is 26.0 Å². The quantitative estimate of drug-likeness (QED) is 0.711. The lowest BCUT2D eigenvalue weighted by atomic mass is 10.4. The van der Waals surface area contributed by atoms with E-state index >= 15 is 0 Å². The smallest absolute Gasteiger partial charge is 0.0225 e. The van der Waals surface area contributed by atoms with Gasteiger partial charge in [-0.15, -0.1) is 12.4 Å². The van der Waals surface area contributed by atoms with Crippen molar-refractivity contribution in [2.75, 3.05) is 0 Å². The van der Waals surface area contributed by atoms with Gasteiger partial charge in [-0.3, -0.25) is 5.14 Å². The van der Waals surface area contributed by atoms with Crippen LogP contribution in [0.2, 0.25) is 0 Å². The number of rotatable bonds is 1. The van der Waals surface area contributed by atoms with Crippen LogP contribution in [0.4, 0.5) is 0 Å². The minimum Gasteiger partial charge on any atom is -0.274 e. The molecule has 1 nitrogen and oxygen atoms in total. The third-order valence-corrected chi connectivity index (χ3v) is 1.42. The van der Waals surface area contributed by atoms with Crippen LogP contribution in [0.3, 0.4) is 0 Å².